The highest BCUT2D eigenvalue weighted by atomic mass is 16.5. The van der Waals surface area contributed by atoms with E-state index < -0.39 is 0 Å². The lowest BCUT2D eigenvalue weighted by Crippen LogP contribution is -2.20. The lowest BCUT2D eigenvalue weighted by atomic mass is 9.86. The van der Waals surface area contributed by atoms with Crippen LogP contribution in [-0.4, -0.2) is 12.6 Å². The molecule has 0 aliphatic carbocycles. The molecule has 0 aromatic carbocycles. The van der Waals surface area contributed by atoms with Gasteiger partial charge in [-0.2, -0.15) is 0 Å². The van der Waals surface area contributed by atoms with Crippen molar-refractivity contribution in [3.63, 3.8) is 0 Å². The van der Waals surface area contributed by atoms with Crippen molar-refractivity contribution in [2.75, 3.05) is 6.61 Å². The highest BCUT2D eigenvalue weighted by molar-refractivity contribution is 5.89. The van der Waals surface area contributed by atoms with Gasteiger partial charge in [0.25, 0.3) is 0 Å². The SMILES string of the molecule is C=CCOC(=O)C(=CC)C(C)(C)C. The first-order valence-corrected chi connectivity index (χ1v) is 4.38. The number of carbonyl (C=O) groups is 1. The summed E-state index contributed by atoms with van der Waals surface area (Å²) in [5, 5.41) is 0. The van der Waals surface area contributed by atoms with E-state index in [0.717, 1.165) is 0 Å². The fourth-order valence-electron chi connectivity index (χ4n) is 1.07. The maximum atomic E-state index is 11.4. The number of esters is 1. The second kappa shape index (κ2) is 4.85. The average Bonchev–Trinajstić information content (AvgIpc) is 1.99. The fraction of sp³-hybridized carbons (Fsp3) is 0.545. The summed E-state index contributed by atoms with van der Waals surface area (Å²) in [6, 6.07) is 0. The zero-order chi connectivity index (χ0) is 10.5. The lowest BCUT2D eigenvalue weighted by molar-refractivity contribution is -0.138. The molecule has 0 aromatic rings. The van der Waals surface area contributed by atoms with Crippen LogP contribution in [-0.2, 0) is 9.53 Å². The minimum Gasteiger partial charge on any atom is -0.458 e. The Morgan fingerprint density at radius 3 is 2.31 bits per heavy atom. The van der Waals surface area contributed by atoms with Crippen molar-refractivity contribution in [2.24, 2.45) is 5.41 Å². The summed E-state index contributed by atoms with van der Waals surface area (Å²) in [4.78, 5) is 11.4. The van der Waals surface area contributed by atoms with E-state index in [1.54, 1.807) is 12.2 Å². The third-order valence-corrected chi connectivity index (χ3v) is 1.65. The number of rotatable bonds is 3. The van der Waals surface area contributed by atoms with E-state index in [0.29, 0.717) is 5.57 Å². The van der Waals surface area contributed by atoms with Crippen LogP contribution in [0.5, 0.6) is 0 Å². The van der Waals surface area contributed by atoms with Crippen LogP contribution >= 0.6 is 0 Å². The molecule has 0 spiro atoms. The molecule has 2 heteroatoms. The molecule has 13 heavy (non-hydrogen) atoms. The third kappa shape index (κ3) is 3.92. The zero-order valence-electron chi connectivity index (χ0n) is 8.89. The largest absolute Gasteiger partial charge is 0.458 e. The third-order valence-electron chi connectivity index (χ3n) is 1.65. The zero-order valence-corrected chi connectivity index (χ0v) is 8.89. The minimum absolute atomic E-state index is 0.160. The van der Waals surface area contributed by atoms with Crippen LogP contribution in [0.15, 0.2) is 24.3 Å². The standard InChI is InChI=1S/C11H18O2/c1-6-8-13-10(12)9(7-2)11(3,4)5/h6-7H,1,8H2,2-5H3. The van der Waals surface area contributed by atoms with Crippen molar-refractivity contribution in [3.05, 3.63) is 24.3 Å². The Balaban J connectivity index is 4.44. The second-order valence-electron chi connectivity index (χ2n) is 3.84. The quantitative estimate of drug-likeness (QED) is 0.381. The first kappa shape index (κ1) is 11.9. The Bertz CT molecular complexity index is 219. The lowest BCUT2D eigenvalue weighted by Gasteiger charge is -2.20. The predicted molar refractivity (Wildman–Crippen MR) is 54.4 cm³/mol. The van der Waals surface area contributed by atoms with E-state index in [2.05, 4.69) is 6.58 Å². The van der Waals surface area contributed by atoms with Crippen molar-refractivity contribution in [1.82, 2.24) is 0 Å². The Morgan fingerprint density at radius 2 is 2.00 bits per heavy atom. The van der Waals surface area contributed by atoms with E-state index in [-0.39, 0.29) is 18.0 Å². The highest BCUT2D eigenvalue weighted by Gasteiger charge is 2.23. The van der Waals surface area contributed by atoms with Gasteiger partial charge in [0, 0.05) is 5.57 Å². The van der Waals surface area contributed by atoms with E-state index in [1.807, 2.05) is 27.7 Å². The molecule has 0 unspecified atom stereocenters. The molecular weight excluding hydrogens is 164 g/mol. The van der Waals surface area contributed by atoms with E-state index in [4.69, 9.17) is 4.74 Å². The molecule has 0 saturated heterocycles. The Morgan fingerprint density at radius 1 is 1.46 bits per heavy atom. The molecule has 0 aliphatic rings. The predicted octanol–water partition coefficient (Wildman–Crippen LogP) is 2.71. The summed E-state index contributed by atoms with van der Waals surface area (Å²) in [5.74, 6) is -0.255. The van der Waals surface area contributed by atoms with Crippen LogP contribution in [0.25, 0.3) is 0 Å². The molecule has 0 aliphatic heterocycles. The summed E-state index contributed by atoms with van der Waals surface area (Å²) in [6.45, 7) is 11.5. The summed E-state index contributed by atoms with van der Waals surface area (Å²) < 4.78 is 4.95. The Kier molecular flexibility index (Phi) is 4.46. The van der Waals surface area contributed by atoms with Gasteiger partial charge in [-0.1, -0.05) is 39.5 Å². The topological polar surface area (TPSA) is 26.3 Å². The maximum absolute atomic E-state index is 11.4. The number of allylic oxidation sites excluding steroid dienone is 1. The second-order valence-corrected chi connectivity index (χ2v) is 3.84. The van der Waals surface area contributed by atoms with Crippen molar-refractivity contribution in [1.29, 1.82) is 0 Å². The van der Waals surface area contributed by atoms with Gasteiger partial charge in [0.2, 0.25) is 0 Å². The molecule has 0 aromatic heterocycles. The fourth-order valence-corrected chi connectivity index (χ4v) is 1.07. The van der Waals surface area contributed by atoms with Crippen LogP contribution in [0.1, 0.15) is 27.7 Å². The van der Waals surface area contributed by atoms with Crippen LogP contribution in [0.2, 0.25) is 0 Å². The van der Waals surface area contributed by atoms with Gasteiger partial charge >= 0.3 is 5.97 Å². The van der Waals surface area contributed by atoms with Gasteiger partial charge in [-0.05, 0) is 12.3 Å². The van der Waals surface area contributed by atoms with Gasteiger partial charge in [-0.25, -0.2) is 4.79 Å². The van der Waals surface area contributed by atoms with Crippen molar-refractivity contribution in [3.8, 4) is 0 Å². The van der Waals surface area contributed by atoms with Gasteiger partial charge in [0.15, 0.2) is 0 Å². The van der Waals surface area contributed by atoms with Crippen molar-refractivity contribution in [2.45, 2.75) is 27.7 Å². The number of ether oxygens (including phenoxy) is 1. The van der Waals surface area contributed by atoms with Crippen molar-refractivity contribution >= 4 is 5.97 Å². The average molecular weight is 182 g/mol. The highest BCUT2D eigenvalue weighted by Crippen LogP contribution is 2.25. The van der Waals surface area contributed by atoms with Gasteiger partial charge in [-0.15, -0.1) is 0 Å². The molecular formula is C11H18O2. The normalized spacial score (nSPS) is 12.5. The maximum Gasteiger partial charge on any atom is 0.334 e. The number of hydrogen-bond donors (Lipinski definition) is 0. The smallest absolute Gasteiger partial charge is 0.334 e. The first-order chi connectivity index (χ1) is 5.93. The van der Waals surface area contributed by atoms with Crippen LogP contribution < -0.4 is 0 Å². The molecule has 0 atom stereocenters. The molecule has 2 nitrogen and oxygen atoms in total. The molecule has 0 rings (SSSR count). The van der Waals surface area contributed by atoms with Crippen LogP contribution in [0.3, 0.4) is 0 Å². The molecule has 0 fully saturated rings. The summed E-state index contributed by atoms with van der Waals surface area (Å²) in [7, 11) is 0. The summed E-state index contributed by atoms with van der Waals surface area (Å²) >= 11 is 0. The summed E-state index contributed by atoms with van der Waals surface area (Å²) in [6.07, 6.45) is 3.36. The number of hydrogen-bond acceptors (Lipinski definition) is 2. The van der Waals surface area contributed by atoms with Crippen molar-refractivity contribution < 1.29 is 9.53 Å². The molecule has 0 bridgehead atoms. The van der Waals surface area contributed by atoms with Crippen LogP contribution in [0, 0.1) is 5.41 Å². The van der Waals surface area contributed by atoms with E-state index in [1.165, 1.54) is 0 Å². The molecule has 0 radical (unpaired) electrons. The Hall–Kier alpha value is -1.05. The van der Waals surface area contributed by atoms with Gasteiger partial charge in [0.05, 0.1) is 0 Å². The molecule has 0 amide bonds. The summed E-state index contributed by atoms with van der Waals surface area (Å²) in [5.41, 5.74) is 0.543. The number of carbonyl (C=O) groups excluding carboxylic acids is 1. The van der Waals surface area contributed by atoms with E-state index >= 15 is 0 Å². The van der Waals surface area contributed by atoms with Gasteiger partial charge in [0.1, 0.15) is 6.61 Å². The molecule has 0 N–H and O–H groups in total. The molecule has 74 valence electrons. The minimum atomic E-state index is -0.255. The van der Waals surface area contributed by atoms with Gasteiger partial charge < -0.3 is 4.74 Å². The van der Waals surface area contributed by atoms with Gasteiger partial charge in [-0.3, -0.25) is 0 Å². The monoisotopic (exact) mass is 182 g/mol. The first-order valence-electron chi connectivity index (χ1n) is 4.38. The molecule has 0 saturated carbocycles. The molecule has 0 heterocycles. The van der Waals surface area contributed by atoms with Crippen LogP contribution in [0.4, 0.5) is 0 Å². The van der Waals surface area contributed by atoms with E-state index in [9.17, 15) is 4.79 Å². The Labute approximate surface area is 80.3 Å².